The summed E-state index contributed by atoms with van der Waals surface area (Å²) in [6, 6.07) is 6.03. The van der Waals surface area contributed by atoms with Gasteiger partial charge in [0.15, 0.2) is 0 Å². The van der Waals surface area contributed by atoms with E-state index in [0.29, 0.717) is 27.8 Å². The Hall–Kier alpha value is -0.440. The van der Waals surface area contributed by atoms with E-state index in [-0.39, 0.29) is 6.10 Å². The molecule has 4 heteroatoms. The smallest absolute Gasteiger partial charge is 0.138 e. The molecule has 1 aliphatic rings. The fraction of sp³-hybridized carbons (Fsp3) is 0.571. The molecule has 0 bridgehead atoms. The topological polar surface area (TPSA) is 21.3 Å². The van der Waals surface area contributed by atoms with Gasteiger partial charge >= 0.3 is 0 Å². The number of benzene rings is 1. The number of halogens is 2. The number of hydrogen-bond donors (Lipinski definition) is 1. The zero-order valence-corrected chi connectivity index (χ0v) is 12.3. The number of ether oxygens (including phenoxy) is 1. The normalized spacial score (nSPS) is 16.9. The van der Waals surface area contributed by atoms with Gasteiger partial charge in [0.25, 0.3) is 0 Å². The molecule has 1 unspecified atom stereocenters. The fourth-order valence-electron chi connectivity index (χ4n) is 1.72. The molecule has 100 valence electrons. The van der Waals surface area contributed by atoms with Crippen LogP contribution in [0.25, 0.3) is 0 Å². The van der Waals surface area contributed by atoms with Crippen LogP contribution < -0.4 is 10.1 Å². The highest BCUT2D eigenvalue weighted by Gasteiger charge is 2.24. The van der Waals surface area contributed by atoms with E-state index in [1.54, 1.807) is 12.1 Å². The molecule has 0 heterocycles. The molecule has 0 spiro atoms. The first kappa shape index (κ1) is 14.0. The third-order valence-corrected chi connectivity index (χ3v) is 3.63. The second kappa shape index (κ2) is 6.14. The Labute approximate surface area is 119 Å². The minimum atomic E-state index is 0.129. The van der Waals surface area contributed by atoms with Crippen molar-refractivity contribution in [3.8, 4) is 5.75 Å². The molecule has 2 nitrogen and oxygen atoms in total. The van der Waals surface area contributed by atoms with Crippen molar-refractivity contribution in [3.63, 3.8) is 0 Å². The Morgan fingerprint density at radius 2 is 2.06 bits per heavy atom. The second-order valence-electron chi connectivity index (χ2n) is 5.16. The maximum Gasteiger partial charge on any atom is 0.138 e. The molecule has 18 heavy (non-hydrogen) atoms. The van der Waals surface area contributed by atoms with Crippen molar-refractivity contribution in [3.05, 3.63) is 28.2 Å². The molecule has 1 fully saturated rings. The van der Waals surface area contributed by atoms with Gasteiger partial charge in [-0.05, 0) is 37.0 Å². The summed E-state index contributed by atoms with van der Waals surface area (Å²) in [6.07, 6.45) is 2.70. The van der Waals surface area contributed by atoms with Crippen LogP contribution in [0.5, 0.6) is 5.75 Å². The lowest BCUT2D eigenvalue weighted by Gasteiger charge is -2.23. The summed E-state index contributed by atoms with van der Waals surface area (Å²) in [5.41, 5.74) is 0. The van der Waals surface area contributed by atoms with E-state index >= 15 is 0 Å². The van der Waals surface area contributed by atoms with Crippen molar-refractivity contribution in [1.29, 1.82) is 0 Å². The van der Waals surface area contributed by atoms with Crippen LogP contribution in [0.15, 0.2) is 18.2 Å². The van der Waals surface area contributed by atoms with Crippen LogP contribution in [0, 0.1) is 5.92 Å². The van der Waals surface area contributed by atoms with Crippen LogP contribution in [0.1, 0.15) is 26.7 Å². The van der Waals surface area contributed by atoms with Gasteiger partial charge in [0.1, 0.15) is 11.9 Å². The van der Waals surface area contributed by atoms with Gasteiger partial charge in [-0.25, -0.2) is 0 Å². The van der Waals surface area contributed by atoms with Gasteiger partial charge in [0.2, 0.25) is 0 Å². The summed E-state index contributed by atoms with van der Waals surface area (Å²) in [5.74, 6) is 1.14. The predicted molar refractivity (Wildman–Crippen MR) is 76.7 cm³/mol. The third-order valence-electron chi connectivity index (χ3n) is 3.10. The minimum Gasteiger partial charge on any atom is -0.487 e. The molecule has 1 aliphatic carbocycles. The summed E-state index contributed by atoms with van der Waals surface area (Å²) in [5, 5.41) is 4.69. The summed E-state index contributed by atoms with van der Waals surface area (Å²) < 4.78 is 5.99. The van der Waals surface area contributed by atoms with Gasteiger partial charge in [-0.2, -0.15) is 0 Å². The van der Waals surface area contributed by atoms with Crippen LogP contribution in [-0.2, 0) is 0 Å². The Kier molecular flexibility index (Phi) is 4.77. The molecule has 0 saturated heterocycles. The Balaban J connectivity index is 1.97. The lowest BCUT2D eigenvalue weighted by molar-refractivity contribution is 0.148. The maximum atomic E-state index is 6.12. The summed E-state index contributed by atoms with van der Waals surface area (Å²) in [6.45, 7) is 5.17. The predicted octanol–water partition coefficient (Wildman–Crippen LogP) is 4.15. The molecule has 1 atom stereocenters. The van der Waals surface area contributed by atoms with Gasteiger partial charge in [-0.15, -0.1) is 0 Å². The lowest BCUT2D eigenvalue weighted by atomic mass is 10.1. The van der Waals surface area contributed by atoms with Crippen LogP contribution >= 0.6 is 23.2 Å². The van der Waals surface area contributed by atoms with Crippen molar-refractivity contribution >= 4 is 23.2 Å². The highest BCUT2D eigenvalue weighted by Crippen LogP contribution is 2.29. The first-order valence-corrected chi connectivity index (χ1v) is 7.17. The standard InChI is InChI=1S/C14H19Cl2NO/c1-9(2)14(8-17-11-4-5-11)18-13-6-3-10(15)7-12(13)16/h3,6-7,9,11,14,17H,4-5,8H2,1-2H3. The largest absolute Gasteiger partial charge is 0.487 e. The Bertz CT molecular complexity index is 405. The Morgan fingerprint density at radius 3 is 2.61 bits per heavy atom. The van der Waals surface area contributed by atoms with E-state index in [2.05, 4.69) is 19.2 Å². The molecule has 1 aromatic rings. The first-order chi connectivity index (χ1) is 8.56. The molecular formula is C14H19Cl2NO. The summed E-state index contributed by atoms with van der Waals surface area (Å²) in [7, 11) is 0. The monoisotopic (exact) mass is 287 g/mol. The molecule has 1 saturated carbocycles. The highest BCUT2D eigenvalue weighted by atomic mass is 35.5. The van der Waals surface area contributed by atoms with Crippen molar-refractivity contribution < 1.29 is 4.74 Å². The van der Waals surface area contributed by atoms with E-state index in [1.165, 1.54) is 12.8 Å². The fourth-order valence-corrected chi connectivity index (χ4v) is 2.17. The van der Waals surface area contributed by atoms with Crippen molar-refractivity contribution in [2.24, 2.45) is 5.92 Å². The highest BCUT2D eigenvalue weighted by molar-refractivity contribution is 6.35. The minimum absolute atomic E-state index is 0.129. The van der Waals surface area contributed by atoms with Gasteiger partial charge in [0, 0.05) is 17.6 Å². The SMILES string of the molecule is CC(C)C(CNC1CC1)Oc1ccc(Cl)cc1Cl. The molecule has 1 aromatic carbocycles. The van der Waals surface area contributed by atoms with Gasteiger partial charge in [-0.1, -0.05) is 37.0 Å². The molecule has 0 amide bonds. The summed E-state index contributed by atoms with van der Waals surface area (Å²) >= 11 is 12.0. The average molecular weight is 288 g/mol. The number of rotatable bonds is 6. The Morgan fingerprint density at radius 1 is 1.33 bits per heavy atom. The van der Waals surface area contributed by atoms with E-state index in [0.717, 1.165) is 6.54 Å². The van der Waals surface area contributed by atoms with Crippen molar-refractivity contribution in [2.45, 2.75) is 38.8 Å². The zero-order valence-electron chi connectivity index (χ0n) is 10.7. The molecule has 0 radical (unpaired) electrons. The van der Waals surface area contributed by atoms with Crippen LogP contribution in [0.3, 0.4) is 0 Å². The first-order valence-electron chi connectivity index (χ1n) is 6.41. The third kappa shape index (κ3) is 4.04. The van der Waals surface area contributed by atoms with Gasteiger partial charge in [-0.3, -0.25) is 0 Å². The van der Waals surface area contributed by atoms with Crippen LogP contribution in [-0.4, -0.2) is 18.7 Å². The quantitative estimate of drug-likeness (QED) is 0.849. The van der Waals surface area contributed by atoms with Crippen LogP contribution in [0.4, 0.5) is 0 Å². The lowest BCUT2D eigenvalue weighted by Crippen LogP contribution is -2.36. The molecule has 2 rings (SSSR count). The number of nitrogens with one attached hydrogen (secondary N) is 1. The van der Waals surface area contributed by atoms with E-state index in [4.69, 9.17) is 27.9 Å². The maximum absolute atomic E-state index is 6.12. The molecular weight excluding hydrogens is 269 g/mol. The van der Waals surface area contributed by atoms with Gasteiger partial charge < -0.3 is 10.1 Å². The van der Waals surface area contributed by atoms with Crippen LogP contribution in [0.2, 0.25) is 10.0 Å². The van der Waals surface area contributed by atoms with E-state index in [9.17, 15) is 0 Å². The zero-order chi connectivity index (χ0) is 13.1. The van der Waals surface area contributed by atoms with Gasteiger partial charge in [0.05, 0.1) is 5.02 Å². The second-order valence-corrected chi connectivity index (χ2v) is 6.00. The average Bonchev–Trinajstić information content (AvgIpc) is 3.10. The molecule has 0 aliphatic heterocycles. The van der Waals surface area contributed by atoms with E-state index in [1.807, 2.05) is 6.07 Å². The van der Waals surface area contributed by atoms with E-state index < -0.39 is 0 Å². The summed E-state index contributed by atoms with van der Waals surface area (Å²) in [4.78, 5) is 0. The van der Waals surface area contributed by atoms with Crippen molar-refractivity contribution in [1.82, 2.24) is 5.32 Å². The molecule has 0 aromatic heterocycles. The van der Waals surface area contributed by atoms with Crippen molar-refractivity contribution in [2.75, 3.05) is 6.54 Å². The molecule has 1 N–H and O–H groups in total. The number of hydrogen-bond acceptors (Lipinski definition) is 2.